The first kappa shape index (κ1) is 12.9. The number of carbonyl (C=O) groups excluding carboxylic acids is 1. The zero-order valence-electron chi connectivity index (χ0n) is 10.4. The number of aromatic nitrogens is 2. The molecule has 1 aromatic carbocycles. The van der Waals surface area contributed by atoms with Crippen LogP contribution in [-0.2, 0) is 0 Å². The van der Waals surface area contributed by atoms with Crippen molar-refractivity contribution >= 4 is 5.78 Å². The van der Waals surface area contributed by atoms with Gasteiger partial charge in [-0.25, -0.2) is 13.8 Å². The highest BCUT2D eigenvalue weighted by molar-refractivity contribution is 5.93. The van der Waals surface area contributed by atoms with Gasteiger partial charge in [-0.3, -0.25) is 9.59 Å². The number of aryl methyl sites for hydroxylation is 1. The number of nitrogens with one attached hydrogen (secondary N) is 1. The first-order chi connectivity index (χ1) is 8.93. The number of nitrogens with zero attached hydrogens (tertiary/aromatic N) is 1. The van der Waals surface area contributed by atoms with Crippen LogP contribution >= 0.6 is 0 Å². The molecule has 1 aromatic heterocycles. The highest BCUT2D eigenvalue weighted by Gasteiger charge is 2.16. The van der Waals surface area contributed by atoms with Crippen LogP contribution in [0.2, 0.25) is 0 Å². The third-order valence-electron chi connectivity index (χ3n) is 2.77. The summed E-state index contributed by atoms with van der Waals surface area (Å²) >= 11 is 0. The molecule has 0 unspecified atom stereocenters. The minimum atomic E-state index is -0.829. The lowest BCUT2D eigenvalue weighted by Crippen LogP contribution is -2.37. The van der Waals surface area contributed by atoms with Crippen molar-refractivity contribution in [2.24, 2.45) is 0 Å². The highest BCUT2D eigenvalue weighted by Crippen LogP contribution is 2.14. The number of H-pyrrole nitrogens is 1. The smallest absolute Gasteiger partial charge is 0.313 e. The van der Waals surface area contributed by atoms with E-state index in [0.717, 1.165) is 12.3 Å². The van der Waals surface area contributed by atoms with Crippen LogP contribution in [0.25, 0.3) is 5.69 Å². The van der Waals surface area contributed by atoms with Crippen LogP contribution in [0.4, 0.5) is 4.39 Å². The SMILES string of the molecule is CC(=O)c1c[nH]c(=O)n(-c2c(C)cccc2F)c1=O. The molecule has 6 heteroatoms. The molecular weight excluding hydrogens is 251 g/mol. The Morgan fingerprint density at radius 1 is 1.32 bits per heavy atom. The lowest BCUT2D eigenvalue weighted by Gasteiger charge is -2.09. The van der Waals surface area contributed by atoms with E-state index < -0.39 is 22.8 Å². The van der Waals surface area contributed by atoms with Crippen molar-refractivity contribution in [3.63, 3.8) is 0 Å². The molecule has 0 spiro atoms. The third kappa shape index (κ3) is 2.12. The lowest BCUT2D eigenvalue weighted by molar-refractivity contribution is 0.101. The molecule has 5 nitrogen and oxygen atoms in total. The van der Waals surface area contributed by atoms with E-state index in [9.17, 15) is 18.8 Å². The van der Waals surface area contributed by atoms with Gasteiger partial charge in [0.15, 0.2) is 5.78 Å². The number of hydrogen-bond donors (Lipinski definition) is 1. The molecule has 1 N–H and O–H groups in total. The van der Waals surface area contributed by atoms with Gasteiger partial charge in [-0.1, -0.05) is 12.1 Å². The van der Waals surface area contributed by atoms with Crippen molar-refractivity contribution in [3.05, 3.63) is 62.2 Å². The fraction of sp³-hybridized carbons (Fsp3) is 0.154. The van der Waals surface area contributed by atoms with Crippen LogP contribution in [-0.4, -0.2) is 15.3 Å². The second-order valence-electron chi connectivity index (χ2n) is 4.11. The molecule has 0 aliphatic rings. The summed E-state index contributed by atoms with van der Waals surface area (Å²) in [7, 11) is 0. The standard InChI is InChI=1S/C13H11FN2O3/c1-7-4-3-5-10(14)11(7)16-12(18)9(8(2)17)6-15-13(16)19/h3-6H,1-2H3,(H,15,19). The van der Waals surface area contributed by atoms with Crippen molar-refractivity contribution in [3.8, 4) is 5.69 Å². The van der Waals surface area contributed by atoms with Gasteiger partial charge < -0.3 is 4.98 Å². The fourth-order valence-electron chi connectivity index (χ4n) is 1.83. The molecule has 2 aromatic rings. The maximum absolute atomic E-state index is 13.8. The number of para-hydroxylation sites is 1. The van der Waals surface area contributed by atoms with Crippen LogP contribution in [0.5, 0.6) is 0 Å². The van der Waals surface area contributed by atoms with Gasteiger partial charge in [0.05, 0.1) is 11.3 Å². The Balaban J connectivity index is 2.91. The fourth-order valence-corrected chi connectivity index (χ4v) is 1.83. The van der Waals surface area contributed by atoms with Gasteiger partial charge in [0, 0.05) is 6.20 Å². The molecule has 0 fully saturated rings. The lowest BCUT2D eigenvalue weighted by atomic mass is 10.1. The Kier molecular flexibility index (Phi) is 3.16. The summed E-state index contributed by atoms with van der Waals surface area (Å²) < 4.78 is 14.5. The van der Waals surface area contributed by atoms with Crippen molar-refractivity contribution in [2.45, 2.75) is 13.8 Å². The first-order valence-corrected chi connectivity index (χ1v) is 5.54. The zero-order chi connectivity index (χ0) is 14.2. The molecule has 0 saturated heterocycles. The number of ketones is 1. The molecule has 0 amide bonds. The third-order valence-corrected chi connectivity index (χ3v) is 2.77. The first-order valence-electron chi connectivity index (χ1n) is 5.54. The topological polar surface area (TPSA) is 71.9 Å². The monoisotopic (exact) mass is 262 g/mol. The number of aromatic amines is 1. The Morgan fingerprint density at radius 3 is 2.58 bits per heavy atom. The molecule has 19 heavy (non-hydrogen) atoms. The van der Waals surface area contributed by atoms with E-state index >= 15 is 0 Å². The maximum Gasteiger partial charge on any atom is 0.333 e. The van der Waals surface area contributed by atoms with Crippen LogP contribution in [0.15, 0.2) is 34.0 Å². The van der Waals surface area contributed by atoms with Gasteiger partial charge >= 0.3 is 5.69 Å². The second-order valence-corrected chi connectivity index (χ2v) is 4.11. The molecule has 0 bridgehead atoms. The summed E-state index contributed by atoms with van der Waals surface area (Å²) in [6.07, 6.45) is 1.04. The number of rotatable bonds is 2. The van der Waals surface area contributed by atoms with Crippen molar-refractivity contribution < 1.29 is 9.18 Å². The largest absolute Gasteiger partial charge is 0.333 e. The van der Waals surface area contributed by atoms with Gasteiger partial charge in [-0.15, -0.1) is 0 Å². The van der Waals surface area contributed by atoms with E-state index in [1.807, 2.05) is 0 Å². The Hall–Kier alpha value is -2.50. The molecule has 0 radical (unpaired) electrons. The van der Waals surface area contributed by atoms with Crippen molar-refractivity contribution in [1.29, 1.82) is 0 Å². The van der Waals surface area contributed by atoms with Crippen LogP contribution in [0.3, 0.4) is 0 Å². The van der Waals surface area contributed by atoms with Crippen LogP contribution in [0, 0.1) is 12.7 Å². The molecule has 0 aliphatic carbocycles. The quantitative estimate of drug-likeness (QED) is 0.826. The Morgan fingerprint density at radius 2 is 2.00 bits per heavy atom. The van der Waals surface area contributed by atoms with Gasteiger partial charge in [-0.05, 0) is 25.5 Å². The van der Waals surface area contributed by atoms with Crippen molar-refractivity contribution in [2.75, 3.05) is 0 Å². The number of hydrogen-bond acceptors (Lipinski definition) is 3. The van der Waals surface area contributed by atoms with E-state index in [1.54, 1.807) is 13.0 Å². The number of Topliss-reactive ketones (excluding diaryl/α,β-unsaturated/α-hetero) is 1. The van der Waals surface area contributed by atoms with Gasteiger partial charge in [-0.2, -0.15) is 0 Å². The van der Waals surface area contributed by atoms with Crippen molar-refractivity contribution in [1.82, 2.24) is 9.55 Å². The van der Waals surface area contributed by atoms with Gasteiger partial charge in [0.2, 0.25) is 0 Å². The number of halogens is 1. The molecular formula is C13H11FN2O3. The summed E-state index contributed by atoms with van der Waals surface area (Å²) in [4.78, 5) is 37.4. The van der Waals surface area contributed by atoms with E-state index in [1.165, 1.54) is 13.0 Å². The van der Waals surface area contributed by atoms with E-state index in [0.29, 0.717) is 10.1 Å². The summed E-state index contributed by atoms with van der Waals surface area (Å²) in [6, 6.07) is 4.20. The van der Waals surface area contributed by atoms with Gasteiger partial charge in [0.25, 0.3) is 5.56 Å². The van der Waals surface area contributed by atoms with Crippen LogP contribution < -0.4 is 11.2 Å². The van der Waals surface area contributed by atoms with E-state index in [4.69, 9.17) is 0 Å². The van der Waals surface area contributed by atoms with E-state index in [2.05, 4.69) is 4.98 Å². The van der Waals surface area contributed by atoms with Crippen LogP contribution in [0.1, 0.15) is 22.8 Å². The Bertz CT molecular complexity index is 754. The van der Waals surface area contributed by atoms with Gasteiger partial charge in [0.1, 0.15) is 5.82 Å². The van der Waals surface area contributed by atoms with E-state index in [-0.39, 0.29) is 11.3 Å². The maximum atomic E-state index is 13.8. The summed E-state index contributed by atoms with van der Waals surface area (Å²) in [5.74, 6) is -1.20. The molecule has 1 heterocycles. The molecule has 0 saturated carbocycles. The number of carbonyl (C=O) groups is 1. The Labute approximate surface area is 107 Å². The summed E-state index contributed by atoms with van der Waals surface area (Å²) in [5.41, 5.74) is -1.53. The molecule has 0 aliphatic heterocycles. The molecule has 2 rings (SSSR count). The predicted molar refractivity (Wildman–Crippen MR) is 67.4 cm³/mol. The summed E-state index contributed by atoms with van der Waals surface area (Å²) in [6.45, 7) is 2.78. The predicted octanol–water partition coefficient (Wildman–Crippen LogP) is 1.18. The zero-order valence-corrected chi connectivity index (χ0v) is 10.4. The molecule has 0 atom stereocenters. The summed E-state index contributed by atoms with van der Waals surface area (Å²) in [5, 5.41) is 0. The average Bonchev–Trinajstić information content (AvgIpc) is 2.32. The average molecular weight is 262 g/mol. The second kappa shape index (κ2) is 4.64. The number of benzene rings is 1. The normalized spacial score (nSPS) is 10.5. The highest BCUT2D eigenvalue weighted by atomic mass is 19.1. The molecule has 98 valence electrons. The minimum Gasteiger partial charge on any atom is -0.313 e. The minimum absolute atomic E-state index is 0.142.